The van der Waals surface area contributed by atoms with E-state index in [9.17, 15) is 24.1 Å². The second-order valence-corrected chi connectivity index (χ2v) is 7.08. The predicted octanol–water partition coefficient (Wildman–Crippen LogP) is 2.27. The van der Waals surface area contributed by atoms with Crippen LogP contribution in [-0.4, -0.2) is 62.3 Å². The average molecular weight is 424 g/mol. The second-order valence-electron chi connectivity index (χ2n) is 6.64. The zero-order chi connectivity index (χ0) is 21.1. The zero-order valence-electron chi connectivity index (χ0n) is 15.7. The van der Waals surface area contributed by atoms with Crippen molar-refractivity contribution in [2.45, 2.75) is 19.9 Å². The fraction of sp³-hybridized carbons (Fsp3) is 0.389. The van der Waals surface area contributed by atoms with Gasteiger partial charge in [-0.2, -0.15) is 0 Å². The van der Waals surface area contributed by atoms with Crippen molar-refractivity contribution in [2.75, 3.05) is 26.2 Å². The smallest absolute Gasteiger partial charge is 0.358 e. The molecule has 0 spiro atoms. The van der Waals surface area contributed by atoms with E-state index in [0.717, 1.165) is 6.07 Å². The lowest BCUT2D eigenvalue weighted by Gasteiger charge is -2.35. The maximum absolute atomic E-state index is 13.9. The molecule has 0 atom stereocenters. The van der Waals surface area contributed by atoms with Gasteiger partial charge >= 0.3 is 5.82 Å². The molecule has 0 aliphatic carbocycles. The largest absolute Gasteiger partial charge is 0.381 e. The van der Waals surface area contributed by atoms with Crippen molar-refractivity contribution >= 4 is 29.2 Å². The maximum atomic E-state index is 13.9. The standard InChI is InChI=1S/C18H19ClFN5O4/c1-12-21-16(25(28)29)11-24(12)5-4-17(26)22-6-8-23(9-7-22)18(27)14-10-13(19)2-3-15(14)20/h2-3,10-11H,4-9H2,1H3. The lowest BCUT2D eigenvalue weighted by Crippen LogP contribution is -2.50. The van der Waals surface area contributed by atoms with Gasteiger partial charge in [-0.1, -0.05) is 11.6 Å². The maximum Gasteiger partial charge on any atom is 0.381 e. The van der Waals surface area contributed by atoms with E-state index in [2.05, 4.69) is 4.98 Å². The summed E-state index contributed by atoms with van der Waals surface area (Å²) < 4.78 is 15.5. The van der Waals surface area contributed by atoms with E-state index in [4.69, 9.17) is 11.6 Å². The van der Waals surface area contributed by atoms with Crippen LogP contribution in [-0.2, 0) is 11.3 Å². The Morgan fingerprint density at radius 1 is 1.24 bits per heavy atom. The molecule has 9 nitrogen and oxygen atoms in total. The number of carbonyl (C=O) groups is 2. The van der Waals surface area contributed by atoms with Gasteiger partial charge in [0, 0.05) is 51.1 Å². The van der Waals surface area contributed by atoms with Gasteiger partial charge in [0.15, 0.2) is 0 Å². The van der Waals surface area contributed by atoms with Gasteiger partial charge in [0.2, 0.25) is 11.7 Å². The molecule has 1 aromatic heterocycles. The Hall–Kier alpha value is -3.01. The van der Waals surface area contributed by atoms with Gasteiger partial charge in [0.05, 0.1) is 5.56 Å². The Labute approximate surface area is 170 Å². The van der Waals surface area contributed by atoms with Crippen LogP contribution < -0.4 is 0 Å². The van der Waals surface area contributed by atoms with Crippen LogP contribution in [0.5, 0.6) is 0 Å². The monoisotopic (exact) mass is 423 g/mol. The van der Waals surface area contributed by atoms with Crippen molar-refractivity contribution in [3.8, 4) is 0 Å². The predicted molar refractivity (Wildman–Crippen MR) is 102 cm³/mol. The molecule has 0 radical (unpaired) electrons. The number of hydrogen-bond donors (Lipinski definition) is 0. The molecular weight excluding hydrogens is 405 g/mol. The van der Waals surface area contributed by atoms with Gasteiger partial charge in [-0.05, 0) is 28.1 Å². The molecule has 2 aromatic rings. The van der Waals surface area contributed by atoms with Crippen molar-refractivity contribution in [1.29, 1.82) is 0 Å². The topological polar surface area (TPSA) is 102 Å². The Bertz CT molecular complexity index is 956. The van der Waals surface area contributed by atoms with Crippen LogP contribution in [0.1, 0.15) is 22.6 Å². The lowest BCUT2D eigenvalue weighted by molar-refractivity contribution is -0.389. The SMILES string of the molecule is Cc1nc([N+](=O)[O-])cn1CCC(=O)N1CCN(C(=O)c2cc(Cl)ccc2F)CC1. The number of piperazine rings is 1. The first-order chi connectivity index (χ1) is 13.8. The van der Waals surface area contributed by atoms with E-state index in [1.54, 1.807) is 16.4 Å². The minimum atomic E-state index is -0.636. The van der Waals surface area contributed by atoms with E-state index < -0.39 is 16.6 Å². The number of nitro groups is 1. The van der Waals surface area contributed by atoms with Crippen LogP contribution in [0.4, 0.5) is 10.2 Å². The van der Waals surface area contributed by atoms with Gasteiger partial charge in [0.25, 0.3) is 5.91 Å². The molecule has 154 valence electrons. The molecule has 0 saturated carbocycles. The van der Waals surface area contributed by atoms with Crippen LogP contribution in [0.3, 0.4) is 0 Å². The molecule has 1 saturated heterocycles. The highest BCUT2D eigenvalue weighted by Gasteiger charge is 2.26. The molecule has 1 aliphatic rings. The second kappa shape index (κ2) is 8.56. The molecule has 1 fully saturated rings. The van der Waals surface area contributed by atoms with Crippen LogP contribution >= 0.6 is 11.6 Å². The number of rotatable bonds is 5. The summed E-state index contributed by atoms with van der Waals surface area (Å²) in [6.45, 7) is 3.14. The molecule has 29 heavy (non-hydrogen) atoms. The Morgan fingerprint density at radius 2 is 1.90 bits per heavy atom. The van der Waals surface area contributed by atoms with Gasteiger partial charge in [0.1, 0.15) is 12.0 Å². The summed E-state index contributed by atoms with van der Waals surface area (Å²) in [6.07, 6.45) is 1.46. The van der Waals surface area contributed by atoms with E-state index >= 15 is 0 Å². The number of halogens is 2. The number of hydrogen-bond acceptors (Lipinski definition) is 5. The molecular formula is C18H19ClFN5O4. The summed E-state index contributed by atoms with van der Waals surface area (Å²) in [7, 11) is 0. The first-order valence-electron chi connectivity index (χ1n) is 8.96. The Balaban J connectivity index is 1.53. The third-order valence-corrected chi connectivity index (χ3v) is 5.03. The van der Waals surface area contributed by atoms with E-state index in [1.165, 1.54) is 23.2 Å². The van der Waals surface area contributed by atoms with E-state index in [0.29, 0.717) is 18.9 Å². The van der Waals surface area contributed by atoms with Crippen molar-refractivity contribution in [2.24, 2.45) is 0 Å². The third-order valence-electron chi connectivity index (χ3n) is 4.80. The summed E-state index contributed by atoms with van der Waals surface area (Å²) in [6, 6.07) is 3.82. The van der Waals surface area contributed by atoms with Crippen LogP contribution in [0.15, 0.2) is 24.4 Å². The highest BCUT2D eigenvalue weighted by molar-refractivity contribution is 6.31. The highest BCUT2D eigenvalue weighted by atomic mass is 35.5. The Morgan fingerprint density at radius 3 is 2.52 bits per heavy atom. The van der Waals surface area contributed by atoms with Crippen molar-refractivity contribution in [1.82, 2.24) is 19.4 Å². The highest BCUT2D eigenvalue weighted by Crippen LogP contribution is 2.18. The van der Waals surface area contributed by atoms with Gasteiger partial charge in [-0.25, -0.2) is 4.39 Å². The first kappa shape index (κ1) is 20.7. The van der Waals surface area contributed by atoms with Crippen molar-refractivity contribution < 1.29 is 18.9 Å². The van der Waals surface area contributed by atoms with E-state index in [1.807, 2.05) is 0 Å². The molecule has 1 aliphatic heterocycles. The molecule has 2 heterocycles. The number of aromatic nitrogens is 2. The first-order valence-corrected chi connectivity index (χ1v) is 9.34. The summed E-state index contributed by atoms with van der Waals surface area (Å²) in [4.78, 5) is 42.1. The summed E-state index contributed by atoms with van der Waals surface area (Å²) in [5.74, 6) is -1.01. The van der Waals surface area contributed by atoms with Gasteiger partial charge < -0.3 is 24.5 Å². The zero-order valence-corrected chi connectivity index (χ0v) is 16.4. The fourth-order valence-corrected chi connectivity index (χ4v) is 3.34. The van der Waals surface area contributed by atoms with E-state index in [-0.39, 0.29) is 48.4 Å². The lowest BCUT2D eigenvalue weighted by atomic mass is 10.1. The summed E-state index contributed by atoms with van der Waals surface area (Å²) in [5.41, 5.74) is -0.0885. The van der Waals surface area contributed by atoms with Crippen LogP contribution in [0.25, 0.3) is 0 Å². The molecule has 2 amide bonds. The van der Waals surface area contributed by atoms with Gasteiger partial charge in [-0.15, -0.1) is 0 Å². The molecule has 0 N–H and O–H groups in total. The number of benzene rings is 1. The number of carbonyl (C=O) groups excluding carboxylic acids is 2. The minimum Gasteiger partial charge on any atom is -0.358 e. The number of amides is 2. The number of aryl methyl sites for hydroxylation is 2. The number of nitrogens with zero attached hydrogens (tertiary/aromatic N) is 5. The summed E-state index contributed by atoms with van der Waals surface area (Å²) in [5, 5.41) is 11.0. The van der Waals surface area contributed by atoms with Crippen LogP contribution in [0, 0.1) is 22.9 Å². The average Bonchev–Trinajstić information content (AvgIpc) is 3.08. The number of imidazole rings is 1. The van der Waals surface area contributed by atoms with Crippen molar-refractivity contribution in [3.63, 3.8) is 0 Å². The molecule has 0 bridgehead atoms. The minimum absolute atomic E-state index is 0.0885. The molecule has 11 heteroatoms. The van der Waals surface area contributed by atoms with Crippen LogP contribution in [0.2, 0.25) is 5.02 Å². The quantitative estimate of drug-likeness (QED) is 0.542. The fourth-order valence-electron chi connectivity index (χ4n) is 3.17. The van der Waals surface area contributed by atoms with Gasteiger partial charge in [-0.3, -0.25) is 9.59 Å². The normalized spacial score (nSPS) is 14.2. The molecule has 0 unspecified atom stereocenters. The summed E-state index contributed by atoms with van der Waals surface area (Å²) >= 11 is 5.85. The third kappa shape index (κ3) is 4.70. The van der Waals surface area contributed by atoms with Crippen molar-refractivity contribution in [3.05, 3.63) is 56.7 Å². The Kier molecular flexibility index (Phi) is 6.12. The molecule has 3 rings (SSSR count). The molecule has 1 aromatic carbocycles.